The summed E-state index contributed by atoms with van der Waals surface area (Å²) in [6.45, 7) is 1.41. The van der Waals surface area contributed by atoms with Gasteiger partial charge in [-0.25, -0.2) is 4.98 Å². The molecule has 132 valence electrons. The average molecular weight is 370 g/mol. The summed E-state index contributed by atoms with van der Waals surface area (Å²) in [6, 6.07) is 14.0. The number of rotatable bonds is 4. The number of benzene rings is 2. The summed E-state index contributed by atoms with van der Waals surface area (Å²) in [5, 5.41) is 7.29. The molecule has 0 atom stereocenters. The SMILES string of the molecule is COc1cc(NC(=O)c2cc3ccccc3c(Cl)n2)ccc1NC(C)=O. The van der Waals surface area contributed by atoms with E-state index in [1.807, 2.05) is 24.3 Å². The van der Waals surface area contributed by atoms with Gasteiger partial charge in [0.1, 0.15) is 16.6 Å². The van der Waals surface area contributed by atoms with Crippen LogP contribution in [0.1, 0.15) is 17.4 Å². The van der Waals surface area contributed by atoms with E-state index in [2.05, 4.69) is 15.6 Å². The van der Waals surface area contributed by atoms with E-state index in [-0.39, 0.29) is 16.8 Å². The molecular formula is C19H16ClN3O3. The third-order valence-electron chi connectivity index (χ3n) is 3.70. The fourth-order valence-corrected chi connectivity index (χ4v) is 2.79. The van der Waals surface area contributed by atoms with Crippen molar-refractivity contribution < 1.29 is 14.3 Å². The molecule has 0 radical (unpaired) electrons. The number of carbonyl (C=O) groups is 2. The van der Waals surface area contributed by atoms with Crippen molar-refractivity contribution in [2.45, 2.75) is 6.92 Å². The van der Waals surface area contributed by atoms with Crippen LogP contribution in [0.25, 0.3) is 10.8 Å². The van der Waals surface area contributed by atoms with Crippen LogP contribution in [0.3, 0.4) is 0 Å². The maximum atomic E-state index is 12.5. The molecule has 0 spiro atoms. The maximum Gasteiger partial charge on any atom is 0.274 e. The number of hydrogen-bond donors (Lipinski definition) is 2. The zero-order valence-electron chi connectivity index (χ0n) is 14.2. The Hall–Kier alpha value is -3.12. The first-order valence-corrected chi connectivity index (χ1v) is 8.18. The minimum Gasteiger partial charge on any atom is -0.494 e. The lowest BCUT2D eigenvalue weighted by molar-refractivity contribution is -0.114. The smallest absolute Gasteiger partial charge is 0.274 e. The van der Waals surface area contributed by atoms with Gasteiger partial charge in [-0.2, -0.15) is 0 Å². The molecule has 0 saturated carbocycles. The van der Waals surface area contributed by atoms with E-state index < -0.39 is 5.91 Å². The highest BCUT2D eigenvalue weighted by Crippen LogP contribution is 2.28. The van der Waals surface area contributed by atoms with Crippen LogP contribution in [0.4, 0.5) is 11.4 Å². The summed E-state index contributed by atoms with van der Waals surface area (Å²) in [6.07, 6.45) is 0. The number of hydrogen-bond acceptors (Lipinski definition) is 4. The number of fused-ring (bicyclic) bond motifs is 1. The summed E-state index contributed by atoms with van der Waals surface area (Å²) in [4.78, 5) is 27.9. The lowest BCUT2D eigenvalue weighted by Gasteiger charge is -2.12. The van der Waals surface area contributed by atoms with Gasteiger partial charge in [-0.3, -0.25) is 9.59 Å². The van der Waals surface area contributed by atoms with Gasteiger partial charge in [0.15, 0.2) is 0 Å². The molecule has 7 heteroatoms. The van der Waals surface area contributed by atoms with Crippen LogP contribution >= 0.6 is 11.6 Å². The first-order valence-electron chi connectivity index (χ1n) is 7.80. The van der Waals surface area contributed by atoms with Crippen molar-refractivity contribution in [2.75, 3.05) is 17.7 Å². The lowest BCUT2D eigenvalue weighted by atomic mass is 10.1. The Morgan fingerprint density at radius 2 is 1.85 bits per heavy atom. The Morgan fingerprint density at radius 1 is 1.08 bits per heavy atom. The van der Waals surface area contributed by atoms with Crippen molar-refractivity contribution in [2.24, 2.45) is 0 Å². The molecule has 0 aliphatic carbocycles. The minimum atomic E-state index is -0.396. The molecule has 26 heavy (non-hydrogen) atoms. The molecule has 0 aliphatic heterocycles. The third kappa shape index (κ3) is 3.75. The number of pyridine rings is 1. The number of carbonyl (C=O) groups excluding carboxylic acids is 2. The van der Waals surface area contributed by atoms with E-state index in [4.69, 9.17) is 16.3 Å². The van der Waals surface area contributed by atoms with Gasteiger partial charge in [0.05, 0.1) is 12.8 Å². The Kier molecular flexibility index (Phi) is 5.04. The Labute approximate surface area is 155 Å². The zero-order chi connectivity index (χ0) is 18.7. The lowest BCUT2D eigenvalue weighted by Crippen LogP contribution is -2.14. The molecule has 1 aromatic heterocycles. The second kappa shape index (κ2) is 7.41. The number of nitrogens with zero attached hydrogens (tertiary/aromatic N) is 1. The summed E-state index contributed by atoms with van der Waals surface area (Å²) < 4.78 is 5.25. The molecule has 3 aromatic rings. The molecule has 2 aromatic carbocycles. The standard InChI is InChI=1S/C19H16ClN3O3/c1-11(24)21-15-8-7-13(10-17(15)26-2)22-19(25)16-9-12-5-3-4-6-14(12)18(20)23-16/h3-10H,1-2H3,(H,21,24)(H,22,25). The number of anilines is 2. The summed E-state index contributed by atoms with van der Waals surface area (Å²) in [5.41, 5.74) is 1.23. The monoisotopic (exact) mass is 369 g/mol. The molecule has 0 aliphatic rings. The highest BCUT2D eigenvalue weighted by atomic mass is 35.5. The first kappa shape index (κ1) is 17.7. The van der Waals surface area contributed by atoms with Gasteiger partial charge < -0.3 is 15.4 Å². The molecule has 2 N–H and O–H groups in total. The van der Waals surface area contributed by atoms with Gasteiger partial charge in [0.2, 0.25) is 5.91 Å². The first-order chi connectivity index (χ1) is 12.5. The van der Waals surface area contributed by atoms with Crippen LogP contribution in [-0.4, -0.2) is 23.9 Å². The van der Waals surface area contributed by atoms with Crippen molar-refractivity contribution >= 4 is 45.6 Å². The van der Waals surface area contributed by atoms with Crippen molar-refractivity contribution in [1.82, 2.24) is 4.98 Å². The van der Waals surface area contributed by atoms with Crippen LogP contribution in [0.5, 0.6) is 5.75 Å². The van der Waals surface area contributed by atoms with Gasteiger partial charge in [-0.15, -0.1) is 0 Å². The quantitative estimate of drug-likeness (QED) is 0.678. The van der Waals surface area contributed by atoms with Crippen molar-refractivity contribution in [3.63, 3.8) is 0 Å². The molecule has 2 amide bonds. The third-order valence-corrected chi connectivity index (χ3v) is 3.98. The molecule has 6 nitrogen and oxygen atoms in total. The molecule has 0 unspecified atom stereocenters. The summed E-state index contributed by atoms with van der Waals surface area (Å²) >= 11 is 6.17. The van der Waals surface area contributed by atoms with E-state index in [9.17, 15) is 9.59 Å². The molecule has 0 saturated heterocycles. The average Bonchev–Trinajstić information content (AvgIpc) is 2.62. The van der Waals surface area contributed by atoms with Crippen LogP contribution < -0.4 is 15.4 Å². The molecule has 3 rings (SSSR count). The topological polar surface area (TPSA) is 80.3 Å². The van der Waals surface area contributed by atoms with Crippen molar-refractivity contribution in [1.29, 1.82) is 0 Å². The second-order valence-electron chi connectivity index (χ2n) is 5.57. The molecule has 0 fully saturated rings. The highest BCUT2D eigenvalue weighted by molar-refractivity contribution is 6.34. The summed E-state index contributed by atoms with van der Waals surface area (Å²) in [5.74, 6) is -0.176. The predicted molar refractivity (Wildman–Crippen MR) is 102 cm³/mol. The van der Waals surface area contributed by atoms with Gasteiger partial charge in [0.25, 0.3) is 5.91 Å². The fourth-order valence-electron chi connectivity index (χ4n) is 2.53. The maximum absolute atomic E-state index is 12.5. The van der Waals surface area contributed by atoms with Gasteiger partial charge in [-0.1, -0.05) is 35.9 Å². The van der Waals surface area contributed by atoms with Crippen LogP contribution in [-0.2, 0) is 4.79 Å². The number of nitrogens with one attached hydrogen (secondary N) is 2. The van der Waals surface area contributed by atoms with Crippen molar-refractivity contribution in [3.8, 4) is 5.75 Å². The van der Waals surface area contributed by atoms with Gasteiger partial charge >= 0.3 is 0 Å². The Bertz CT molecular complexity index is 1000. The molecular weight excluding hydrogens is 354 g/mol. The van der Waals surface area contributed by atoms with Gasteiger partial charge in [-0.05, 0) is 23.6 Å². The normalized spacial score (nSPS) is 10.4. The second-order valence-corrected chi connectivity index (χ2v) is 5.93. The number of amides is 2. The van der Waals surface area contributed by atoms with E-state index in [1.165, 1.54) is 14.0 Å². The number of methoxy groups -OCH3 is 1. The van der Waals surface area contributed by atoms with Crippen LogP contribution in [0, 0.1) is 0 Å². The minimum absolute atomic E-state index is 0.207. The van der Waals surface area contributed by atoms with Crippen LogP contribution in [0.2, 0.25) is 5.15 Å². The van der Waals surface area contributed by atoms with Gasteiger partial charge in [0, 0.05) is 24.1 Å². The predicted octanol–water partition coefficient (Wildman–Crippen LogP) is 4.11. The van der Waals surface area contributed by atoms with Crippen molar-refractivity contribution in [3.05, 3.63) is 59.4 Å². The summed E-state index contributed by atoms with van der Waals surface area (Å²) in [7, 11) is 1.48. The molecule has 1 heterocycles. The van der Waals surface area contributed by atoms with E-state index >= 15 is 0 Å². The van der Waals surface area contributed by atoms with E-state index in [1.54, 1.807) is 24.3 Å². The van der Waals surface area contributed by atoms with Crippen LogP contribution in [0.15, 0.2) is 48.5 Å². The largest absolute Gasteiger partial charge is 0.494 e. The number of ether oxygens (including phenoxy) is 1. The molecule has 0 bridgehead atoms. The highest BCUT2D eigenvalue weighted by Gasteiger charge is 2.13. The van der Waals surface area contributed by atoms with E-state index in [0.29, 0.717) is 17.1 Å². The number of halogens is 1. The number of aromatic nitrogens is 1. The fraction of sp³-hybridized carbons (Fsp3) is 0.105. The zero-order valence-corrected chi connectivity index (χ0v) is 14.9. The Morgan fingerprint density at radius 3 is 2.58 bits per heavy atom. The Balaban J connectivity index is 1.87. The van der Waals surface area contributed by atoms with E-state index in [0.717, 1.165) is 10.8 Å².